The van der Waals surface area contributed by atoms with Crippen molar-refractivity contribution in [1.82, 2.24) is 4.57 Å². The number of aryl methyl sites for hydroxylation is 1. The standard InChI is InChI=1S/C25H20NO3P/c1-17-9-14-25-23(15-17)22-7-2-3-8-24(22)26(25)20-12-10-18(11-13-20)19-5-4-6-21(16-19)30(27,28)29/h2-16H,1H3,(H2,27,28,29). The van der Waals surface area contributed by atoms with Gasteiger partial charge >= 0.3 is 7.60 Å². The highest BCUT2D eigenvalue weighted by Crippen LogP contribution is 2.35. The molecule has 5 heteroatoms. The van der Waals surface area contributed by atoms with Gasteiger partial charge in [-0.2, -0.15) is 0 Å². The number of nitrogens with zero attached hydrogens (tertiary/aromatic N) is 1. The monoisotopic (exact) mass is 413 g/mol. The van der Waals surface area contributed by atoms with Crippen LogP contribution < -0.4 is 5.30 Å². The van der Waals surface area contributed by atoms with E-state index in [0.717, 1.165) is 27.8 Å². The predicted molar refractivity (Wildman–Crippen MR) is 123 cm³/mol. The quantitative estimate of drug-likeness (QED) is 0.381. The van der Waals surface area contributed by atoms with Gasteiger partial charge in [0, 0.05) is 16.5 Å². The van der Waals surface area contributed by atoms with E-state index in [1.165, 1.54) is 22.4 Å². The van der Waals surface area contributed by atoms with Crippen molar-refractivity contribution < 1.29 is 14.4 Å². The number of fused-ring (bicyclic) bond motifs is 3. The summed E-state index contributed by atoms with van der Waals surface area (Å²) in [6.45, 7) is 2.10. The predicted octanol–water partition coefficient (Wildman–Crippen LogP) is 5.56. The molecule has 2 N–H and O–H groups in total. The summed E-state index contributed by atoms with van der Waals surface area (Å²) in [7, 11) is -4.28. The number of hydrogen-bond acceptors (Lipinski definition) is 1. The first-order valence-corrected chi connectivity index (χ1v) is 11.3. The van der Waals surface area contributed by atoms with Gasteiger partial charge in [0.1, 0.15) is 0 Å². The van der Waals surface area contributed by atoms with Crippen LogP contribution in [0.25, 0.3) is 38.6 Å². The Balaban J connectivity index is 1.65. The molecule has 1 aromatic heterocycles. The van der Waals surface area contributed by atoms with Crippen LogP contribution in [-0.2, 0) is 4.57 Å². The summed E-state index contributed by atoms with van der Waals surface area (Å²) in [5.41, 5.74) is 6.25. The minimum absolute atomic E-state index is 0.0295. The molecule has 0 atom stereocenters. The van der Waals surface area contributed by atoms with E-state index in [1.807, 2.05) is 36.4 Å². The summed E-state index contributed by atoms with van der Waals surface area (Å²) in [5, 5.41) is 2.47. The second kappa shape index (κ2) is 6.96. The summed E-state index contributed by atoms with van der Waals surface area (Å²) in [5.74, 6) is 0. The van der Waals surface area contributed by atoms with Gasteiger partial charge < -0.3 is 14.4 Å². The molecule has 0 bridgehead atoms. The van der Waals surface area contributed by atoms with Crippen LogP contribution in [0.2, 0.25) is 0 Å². The molecule has 0 radical (unpaired) electrons. The molecule has 4 aromatic carbocycles. The molecular weight excluding hydrogens is 393 g/mol. The Bertz CT molecular complexity index is 1450. The van der Waals surface area contributed by atoms with E-state index < -0.39 is 7.60 Å². The van der Waals surface area contributed by atoms with E-state index in [2.05, 4.69) is 47.9 Å². The van der Waals surface area contributed by atoms with E-state index in [0.29, 0.717) is 0 Å². The first-order chi connectivity index (χ1) is 14.4. The summed E-state index contributed by atoms with van der Waals surface area (Å²) in [4.78, 5) is 18.9. The van der Waals surface area contributed by atoms with Crippen molar-refractivity contribution in [3.05, 3.63) is 96.6 Å². The van der Waals surface area contributed by atoms with Crippen molar-refractivity contribution in [2.45, 2.75) is 6.92 Å². The zero-order valence-electron chi connectivity index (χ0n) is 16.4. The van der Waals surface area contributed by atoms with Gasteiger partial charge in [0.15, 0.2) is 0 Å². The van der Waals surface area contributed by atoms with E-state index in [4.69, 9.17) is 0 Å². The lowest BCUT2D eigenvalue weighted by Crippen LogP contribution is -2.03. The zero-order chi connectivity index (χ0) is 20.9. The summed E-state index contributed by atoms with van der Waals surface area (Å²) in [6, 6.07) is 29.5. The SMILES string of the molecule is Cc1ccc2c(c1)c1ccccc1n2-c1ccc(-c2cccc(P(=O)(O)O)c2)cc1. The number of benzene rings is 4. The lowest BCUT2D eigenvalue weighted by molar-refractivity contribution is 0.387. The molecule has 0 aliphatic carbocycles. The molecule has 0 fully saturated rings. The molecule has 5 rings (SSSR count). The highest BCUT2D eigenvalue weighted by molar-refractivity contribution is 7.60. The Morgan fingerprint density at radius 1 is 0.700 bits per heavy atom. The fourth-order valence-corrected chi connectivity index (χ4v) is 4.62. The smallest absolute Gasteiger partial charge is 0.321 e. The lowest BCUT2D eigenvalue weighted by Gasteiger charge is -2.10. The van der Waals surface area contributed by atoms with E-state index in [-0.39, 0.29) is 5.30 Å². The molecule has 148 valence electrons. The Morgan fingerprint density at radius 3 is 2.20 bits per heavy atom. The first kappa shape index (κ1) is 18.8. The molecule has 4 nitrogen and oxygen atoms in total. The van der Waals surface area contributed by atoms with Crippen LogP contribution in [0, 0.1) is 6.92 Å². The van der Waals surface area contributed by atoms with E-state index in [1.54, 1.807) is 12.1 Å². The summed E-state index contributed by atoms with van der Waals surface area (Å²) in [6.07, 6.45) is 0. The Kier molecular flexibility index (Phi) is 4.37. The maximum Gasteiger partial charge on any atom is 0.356 e. The lowest BCUT2D eigenvalue weighted by atomic mass is 10.1. The fraction of sp³-hybridized carbons (Fsp3) is 0.0400. The number of hydrogen-bond donors (Lipinski definition) is 2. The molecule has 0 aliphatic rings. The molecule has 0 saturated heterocycles. The highest BCUT2D eigenvalue weighted by atomic mass is 31.2. The molecule has 0 saturated carbocycles. The van der Waals surface area contributed by atoms with Gasteiger partial charge in [-0.15, -0.1) is 0 Å². The van der Waals surface area contributed by atoms with Gasteiger partial charge in [-0.05, 0) is 60.5 Å². The molecule has 0 aliphatic heterocycles. The largest absolute Gasteiger partial charge is 0.356 e. The second-order valence-corrected chi connectivity index (χ2v) is 9.12. The molecular formula is C25H20NO3P. The van der Waals surface area contributed by atoms with Gasteiger partial charge in [-0.1, -0.05) is 54.1 Å². The van der Waals surface area contributed by atoms with Crippen molar-refractivity contribution >= 4 is 34.7 Å². The van der Waals surface area contributed by atoms with Crippen LogP contribution in [-0.4, -0.2) is 14.4 Å². The van der Waals surface area contributed by atoms with Gasteiger partial charge in [-0.25, -0.2) is 0 Å². The highest BCUT2D eigenvalue weighted by Gasteiger charge is 2.17. The fourth-order valence-electron chi connectivity index (χ4n) is 4.03. The van der Waals surface area contributed by atoms with E-state index in [9.17, 15) is 14.4 Å². The number of para-hydroxylation sites is 1. The minimum atomic E-state index is -4.28. The van der Waals surface area contributed by atoms with Crippen LogP contribution in [0.15, 0.2) is 91.0 Å². The van der Waals surface area contributed by atoms with Gasteiger partial charge in [0.25, 0.3) is 0 Å². The molecule has 0 spiro atoms. The van der Waals surface area contributed by atoms with Crippen LogP contribution >= 0.6 is 7.60 Å². The zero-order valence-corrected chi connectivity index (χ0v) is 17.3. The van der Waals surface area contributed by atoms with Crippen LogP contribution in [0.5, 0.6) is 0 Å². The van der Waals surface area contributed by atoms with Crippen LogP contribution in [0.4, 0.5) is 0 Å². The van der Waals surface area contributed by atoms with Crippen molar-refractivity contribution in [3.63, 3.8) is 0 Å². The normalized spacial score (nSPS) is 12.0. The van der Waals surface area contributed by atoms with Crippen molar-refractivity contribution in [2.24, 2.45) is 0 Å². The third-order valence-electron chi connectivity index (χ3n) is 5.47. The topological polar surface area (TPSA) is 62.5 Å². The maximum absolute atomic E-state index is 11.6. The molecule has 5 aromatic rings. The minimum Gasteiger partial charge on any atom is -0.321 e. The third-order valence-corrected chi connectivity index (χ3v) is 6.42. The molecule has 1 heterocycles. The molecule has 0 amide bonds. The van der Waals surface area contributed by atoms with Crippen molar-refractivity contribution in [2.75, 3.05) is 0 Å². The van der Waals surface area contributed by atoms with Gasteiger partial charge in [0.05, 0.1) is 16.3 Å². The maximum atomic E-state index is 11.6. The summed E-state index contributed by atoms with van der Waals surface area (Å²) >= 11 is 0. The average Bonchev–Trinajstić information content (AvgIpc) is 3.07. The van der Waals surface area contributed by atoms with E-state index >= 15 is 0 Å². The number of aromatic nitrogens is 1. The Hall–Kier alpha value is -3.17. The second-order valence-electron chi connectivity index (χ2n) is 7.51. The third kappa shape index (κ3) is 3.16. The number of rotatable bonds is 3. The molecule has 0 unspecified atom stereocenters. The first-order valence-electron chi connectivity index (χ1n) is 9.69. The van der Waals surface area contributed by atoms with Gasteiger partial charge in [-0.3, -0.25) is 4.57 Å². The van der Waals surface area contributed by atoms with Crippen LogP contribution in [0.3, 0.4) is 0 Å². The Labute approximate surface area is 174 Å². The van der Waals surface area contributed by atoms with Crippen molar-refractivity contribution in [3.8, 4) is 16.8 Å². The van der Waals surface area contributed by atoms with Crippen molar-refractivity contribution in [1.29, 1.82) is 0 Å². The molecule has 30 heavy (non-hydrogen) atoms. The van der Waals surface area contributed by atoms with Gasteiger partial charge in [0.2, 0.25) is 0 Å². The summed E-state index contributed by atoms with van der Waals surface area (Å²) < 4.78 is 13.8. The Morgan fingerprint density at radius 2 is 1.43 bits per heavy atom. The van der Waals surface area contributed by atoms with Crippen LogP contribution in [0.1, 0.15) is 5.56 Å². The average molecular weight is 413 g/mol.